The van der Waals surface area contributed by atoms with Gasteiger partial charge in [0.2, 0.25) is 11.8 Å². The third-order valence-corrected chi connectivity index (χ3v) is 2.69. The second-order valence-electron chi connectivity index (χ2n) is 3.91. The number of nitrogens with one attached hydrogen (secondary N) is 2. The first-order valence-corrected chi connectivity index (χ1v) is 5.48. The van der Waals surface area contributed by atoms with Crippen molar-refractivity contribution >= 4 is 17.8 Å². The topological polar surface area (TPSA) is 98.7 Å². The van der Waals surface area contributed by atoms with E-state index in [4.69, 9.17) is 5.11 Å². The smallest absolute Gasteiger partial charge is 0.322 e. The summed E-state index contributed by atoms with van der Waals surface area (Å²) in [6.07, 6.45) is 0.873. The molecule has 1 heterocycles. The number of carboxylic acid groups (broad SMARTS) is 1. The summed E-state index contributed by atoms with van der Waals surface area (Å²) < 4.78 is 0. The minimum absolute atomic E-state index is 0.0741. The molecule has 0 spiro atoms. The summed E-state index contributed by atoms with van der Waals surface area (Å²) in [6, 6.07) is -0.697. The van der Waals surface area contributed by atoms with Crippen molar-refractivity contribution in [2.75, 3.05) is 26.7 Å². The Morgan fingerprint density at radius 1 is 1.59 bits per heavy atom. The molecule has 0 aromatic heterocycles. The molecule has 0 bridgehead atoms. The number of carbonyl (C=O) groups is 3. The third-order valence-electron chi connectivity index (χ3n) is 2.69. The van der Waals surface area contributed by atoms with E-state index in [0.717, 1.165) is 0 Å². The highest BCUT2D eigenvalue weighted by Gasteiger charge is 2.31. The maximum absolute atomic E-state index is 11.2. The van der Waals surface area contributed by atoms with Crippen LogP contribution in [0.4, 0.5) is 0 Å². The van der Waals surface area contributed by atoms with Gasteiger partial charge in [0.15, 0.2) is 0 Å². The molecule has 1 rings (SSSR count). The lowest BCUT2D eigenvalue weighted by Crippen LogP contribution is -2.57. The molecule has 0 radical (unpaired) electrons. The molecule has 0 aromatic rings. The number of carbonyl (C=O) groups excluding carboxylic acids is 2. The lowest BCUT2D eigenvalue weighted by Gasteiger charge is -2.32. The van der Waals surface area contributed by atoms with Crippen LogP contribution in [-0.2, 0) is 14.4 Å². The van der Waals surface area contributed by atoms with Crippen molar-refractivity contribution in [3.63, 3.8) is 0 Å². The van der Waals surface area contributed by atoms with Crippen molar-refractivity contribution in [2.24, 2.45) is 0 Å². The summed E-state index contributed by atoms with van der Waals surface area (Å²) in [5.41, 5.74) is 0. The van der Waals surface area contributed by atoms with Gasteiger partial charge < -0.3 is 15.7 Å². The lowest BCUT2D eigenvalue weighted by atomic mass is 10.1. The molecule has 0 aliphatic carbocycles. The molecule has 2 amide bonds. The van der Waals surface area contributed by atoms with Gasteiger partial charge in [-0.05, 0) is 6.42 Å². The Bertz CT molecular complexity index is 319. The average molecular weight is 243 g/mol. The second-order valence-corrected chi connectivity index (χ2v) is 3.91. The van der Waals surface area contributed by atoms with Crippen LogP contribution in [0, 0.1) is 0 Å². The van der Waals surface area contributed by atoms with Crippen LogP contribution in [0.1, 0.15) is 12.8 Å². The fourth-order valence-electron chi connectivity index (χ4n) is 1.74. The monoisotopic (exact) mass is 243 g/mol. The minimum atomic E-state index is -0.954. The van der Waals surface area contributed by atoms with Gasteiger partial charge in [-0.15, -0.1) is 0 Å². The van der Waals surface area contributed by atoms with Crippen LogP contribution in [0.25, 0.3) is 0 Å². The third kappa shape index (κ3) is 4.03. The van der Waals surface area contributed by atoms with E-state index in [0.29, 0.717) is 19.4 Å². The zero-order valence-corrected chi connectivity index (χ0v) is 9.73. The van der Waals surface area contributed by atoms with Crippen molar-refractivity contribution < 1.29 is 19.5 Å². The highest BCUT2D eigenvalue weighted by Crippen LogP contribution is 2.06. The summed E-state index contributed by atoms with van der Waals surface area (Å²) in [7, 11) is 1.55. The Morgan fingerprint density at radius 2 is 2.29 bits per heavy atom. The minimum Gasteiger partial charge on any atom is -0.480 e. The molecule has 0 saturated carbocycles. The summed E-state index contributed by atoms with van der Waals surface area (Å²) in [4.78, 5) is 34.7. The zero-order valence-electron chi connectivity index (χ0n) is 9.73. The molecular formula is C10H17N3O4. The first kappa shape index (κ1) is 13.4. The number of carboxylic acids is 1. The fraction of sp³-hybridized carbons (Fsp3) is 0.700. The number of amides is 2. The normalized spacial score (nSPS) is 20.8. The van der Waals surface area contributed by atoms with Crippen LogP contribution < -0.4 is 10.6 Å². The Hall–Kier alpha value is -1.63. The lowest BCUT2D eigenvalue weighted by molar-refractivity contribution is -0.145. The van der Waals surface area contributed by atoms with E-state index in [-0.39, 0.29) is 24.9 Å². The number of nitrogens with zero attached hydrogens (tertiary/aromatic N) is 1. The largest absolute Gasteiger partial charge is 0.480 e. The predicted molar refractivity (Wildman–Crippen MR) is 59.3 cm³/mol. The molecule has 17 heavy (non-hydrogen) atoms. The molecule has 3 N–H and O–H groups in total. The molecule has 1 saturated heterocycles. The fourth-order valence-corrected chi connectivity index (χ4v) is 1.74. The van der Waals surface area contributed by atoms with Crippen molar-refractivity contribution in [1.82, 2.24) is 15.5 Å². The summed E-state index contributed by atoms with van der Waals surface area (Å²) in [5, 5.41) is 14.0. The van der Waals surface area contributed by atoms with Crippen molar-refractivity contribution in [2.45, 2.75) is 18.9 Å². The predicted octanol–water partition coefficient (Wildman–Crippen LogP) is -1.60. The van der Waals surface area contributed by atoms with Crippen molar-refractivity contribution in [3.05, 3.63) is 0 Å². The molecule has 1 unspecified atom stereocenters. The molecule has 1 atom stereocenters. The quantitative estimate of drug-likeness (QED) is 0.540. The number of hydrogen-bond acceptors (Lipinski definition) is 4. The molecule has 7 nitrogen and oxygen atoms in total. The van der Waals surface area contributed by atoms with Crippen LogP contribution in [0.5, 0.6) is 0 Å². The summed E-state index contributed by atoms with van der Waals surface area (Å²) >= 11 is 0. The van der Waals surface area contributed by atoms with Crippen LogP contribution >= 0.6 is 0 Å². The highest BCUT2D eigenvalue weighted by atomic mass is 16.4. The van der Waals surface area contributed by atoms with Gasteiger partial charge in [0.1, 0.15) is 6.04 Å². The van der Waals surface area contributed by atoms with Gasteiger partial charge in [-0.25, -0.2) is 0 Å². The first-order chi connectivity index (χ1) is 8.04. The molecule has 1 aliphatic rings. The zero-order chi connectivity index (χ0) is 12.8. The van der Waals surface area contributed by atoms with Gasteiger partial charge in [0.05, 0.1) is 6.54 Å². The molecule has 7 heteroatoms. The van der Waals surface area contributed by atoms with E-state index in [1.165, 1.54) is 0 Å². The second kappa shape index (κ2) is 6.19. The highest BCUT2D eigenvalue weighted by molar-refractivity contribution is 5.83. The van der Waals surface area contributed by atoms with Crippen LogP contribution in [-0.4, -0.2) is 60.5 Å². The Kier molecular flexibility index (Phi) is 4.89. The van der Waals surface area contributed by atoms with Gasteiger partial charge in [-0.2, -0.15) is 0 Å². The molecule has 0 aromatic carbocycles. The Balaban J connectivity index is 2.44. The average Bonchev–Trinajstić information content (AvgIpc) is 2.28. The standard InChI is InChI=1S/C10H17N3O4/c1-11-8(14)3-2-4-13-6-9(15)12-5-7(13)10(16)17/h7H,2-6H2,1H3,(H,11,14)(H,12,15)(H,16,17). The summed E-state index contributed by atoms with van der Waals surface area (Å²) in [5.74, 6) is -1.22. The Morgan fingerprint density at radius 3 is 2.88 bits per heavy atom. The van der Waals surface area contributed by atoms with Gasteiger partial charge in [0, 0.05) is 26.6 Å². The van der Waals surface area contributed by atoms with Crippen molar-refractivity contribution in [3.8, 4) is 0 Å². The van der Waals surface area contributed by atoms with Crippen LogP contribution in [0.15, 0.2) is 0 Å². The maximum Gasteiger partial charge on any atom is 0.322 e. The number of aliphatic carboxylic acids is 1. The van der Waals surface area contributed by atoms with E-state index < -0.39 is 12.0 Å². The van der Waals surface area contributed by atoms with Crippen LogP contribution in [0.3, 0.4) is 0 Å². The number of piperazine rings is 1. The van der Waals surface area contributed by atoms with E-state index in [1.807, 2.05) is 0 Å². The van der Waals surface area contributed by atoms with E-state index >= 15 is 0 Å². The van der Waals surface area contributed by atoms with Gasteiger partial charge in [-0.3, -0.25) is 19.3 Å². The first-order valence-electron chi connectivity index (χ1n) is 5.48. The summed E-state index contributed by atoms with van der Waals surface area (Å²) in [6.45, 7) is 0.622. The molecular weight excluding hydrogens is 226 g/mol. The SMILES string of the molecule is CNC(=O)CCCN1CC(=O)NCC1C(=O)O. The molecule has 1 fully saturated rings. The van der Waals surface area contributed by atoms with Gasteiger partial charge >= 0.3 is 5.97 Å². The van der Waals surface area contributed by atoms with Crippen molar-refractivity contribution in [1.29, 1.82) is 0 Å². The van der Waals surface area contributed by atoms with Gasteiger partial charge in [0.25, 0.3) is 0 Å². The Labute approximate surface area is 99.2 Å². The van der Waals surface area contributed by atoms with Gasteiger partial charge in [-0.1, -0.05) is 0 Å². The van der Waals surface area contributed by atoms with Crippen LogP contribution in [0.2, 0.25) is 0 Å². The van der Waals surface area contributed by atoms with E-state index in [2.05, 4.69) is 10.6 Å². The van der Waals surface area contributed by atoms with E-state index in [9.17, 15) is 14.4 Å². The van der Waals surface area contributed by atoms with E-state index in [1.54, 1.807) is 11.9 Å². The molecule has 96 valence electrons. The molecule has 1 aliphatic heterocycles. The number of hydrogen-bond donors (Lipinski definition) is 3. The maximum atomic E-state index is 11.2. The number of rotatable bonds is 5.